The molecular weight excluding hydrogens is 320 g/mol. The summed E-state index contributed by atoms with van der Waals surface area (Å²) in [6.07, 6.45) is 1.45. The van der Waals surface area contributed by atoms with Crippen LogP contribution in [0.15, 0.2) is 47.4 Å². The Kier molecular flexibility index (Phi) is 4.00. The first kappa shape index (κ1) is 14.8. The van der Waals surface area contributed by atoms with Crippen LogP contribution in [0.2, 0.25) is 4.34 Å². The second kappa shape index (κ2) is 5.94. The summed E-state index contributed by atoms with van der Waals surface area (Å²) in [7, 11) is 0. The third kappa shape index (κ3) is 2.77. The van der Waals surface area contributed by atoms with Gasteiger partial charge in [0.2, 0.25) is 5.43 Å². The summed E-state index contributed by atoms with van der Waals surface area (Å²) >= 11 is 7.30. The van der Waals surface area contributed by atoms with Crippen molar-refractivity contribution in [2.75, 3.05) is 0 Å². The molecule has 0 spiro atoms. The maximum atomic E-state index is 12.4. The summed E-state index contributed by atoms with van der Waals surface area (Å²) < 4.78 is 0.666. The minimum absolute atomic E-state index is 0.105. The molecule has 2 N–H and O–H groups in total. The number of hydrogen-bond acceptors (Lipinski definition) is 3. The van der Waals surface area contributed by atoms with E-state index in [4.69, 9.17) is 11.6 Å². The number of aromatic nitrogens is 1. The molecule has 0 aliphatic carbocycles. The summed E-state index contributed by atoms with van der Waals surface area (Å²) in [5, 5.41) is 3.33. The van der Waals surface area contributed by atoms with Crippen molar-refractivity contribution in [2.45, 2.75) is 13.0 Å². The molecule has 3 rings (SSSR count). The topological polar surface area (TPSA) is 62.0 Å². The van der Waals surface area contributed by atoms with E-state index >= 15 is 0 Å². The Balaban J connectivity index is 1.89. The zero-order valence-electron chi connectivity index (χ0n) is 11.7. The Morgan fingerprint density at radius 2 is 2.05 bits per heavy atom. The highest BCUT2D eigenvalue weighted by atomic mass is 35.5. The van der Waals surface area contributed by atoms with E-state index in [1.54, 1.807) is 24.3 Å². The van der Waals surface area contributed by atoms with Crippen molar-refractivity contribution in [3.05, 3.63) is 67.6 Å². The van der Waals surface area contributed by atoms with E-state index in [-0.39, 0.29) is 17.0 Å². The highest BCUT2D eigenvalue weighted by molar-refractivity contribution is 7.16. The van der Waals surface area contributed by atoms with E-state index in [9.17, 15) is 9.59 Å². The zero-order chi connectivity index (χ0) is 15.7. The largest absolute Gasteiger partial charge is 0.360 e. The van der Waals surface area contributed by atoms with Gasteiger partial charge in [0.15, 0.2) is 0 Å². The Labute approximate surface area is 135 Å². The Hall–Kier alpha value is -2.11. The molecule has 0 aliphatic rings. The second-order valence-electron chi connectivity index (χ2n) is 4.91. The fourth-order valence-electron chi connectivity index (χ4n) is 2.24. The SMILES string of the molecule is CC(NC(=O)c1c[nH]c2ccccc2c1=O)c1ccc(Cl)s1. The zero-order valence-corrected chi connectivity index (χ0v) is 13.3. The first-order valence-corrected chi connectivity index (χ1v) is 7.92. The molecule has 2 aromatic heterocycles. The molecule has 1 atom stereocenters. The highest BCUT2D eigenvalue weighted by Crippen LogP contribution is 2.26. The summed E-state index contributed by atoms with van der Waals surface area (Å²) in [4.78, 5) is 28.7. The van der Waals surface area contributed by atoms with Crippen LogP contribution >= 0.6 is 22.9 Å². The van der Waals surface area contributed by atoms with Crippen molar-refractivity contribution in [1.29, 1.82) is 0 Å². The number of carbonyl (C=O) groups is 1. The van der Waals surface area contributed by atoms with Crippen LogP contribution in [0.1, 0.15) is 28.2 Å². The first-order valence-electron chi connectivity index (χ1n) is 6.73. The fraction of sp³-hybridized carbons (Fsp3) is 0.125. The maximum absolute atomic E-state index is 12.4. The molecule has 3 aromatic rings. The van der Waals surface area contributed by atoms with Gasteiger partial charge in [0.25, 0.3) is 5.91 Å². The lowest BCUT2D eigenvalue weighted by Crippen LogP contribution is -2.30. The Bertz CT molecular complexity index is 900. The quantitative estimate of drug-likeness (QED) is 0.767. The molecule has 0 saturated carbocycles. The average Bonchev–Trinajstić information content (AvgIpc) is 2.94. The number of pyridine rings is 1. The van der Waals surface area contributed by atoms with Gasteiger partial charge in [-0.25, -0.2) is 0 Å². The van der Waals surface area contributed by atoms with Crippen LogP contribution in [0.4, 0.5) is 0 Å². The number of fused-ring (bicyclic) bond motifs is 1. The first-order chi connectivity index (χ1) is 10.6. The minimum atomic E-state index is -0.399. The number of nitrogens with one attached hydrogen (secondary N) is 2. The Morgan fingerprint density at radius 3 is 2.77 bits per heavy atom. The monoisotopic (exact) mass is 332 g/mol. The van der Waals surface area contributed by atoms with Crippen LogP contribution in [-0.4, -0.2) is 10.9 Å². The number of thiophene rings is 1. The van der Waals surface area contributed by atoms with Crippen molar-refractivity contribution in [2.24, 2.45) is 0 Å². The smallest absolute Gasteiger partial charge is 0.257 e. The molecule has 6 heteroatoms. The molecular formula is C16H13ClN2O2S. The van der Waals surface area contributed by atoms with Crippen LogP contribution < -0.4 is 10.7 Å². The summed E-state index contributed by atoms with van der Waals surface area (Å²) in [5.74, 6) is -0.399. The summed E-state index contributed by atoms with van der Waals surface area (Å²) in [6.45, 7) is 1.86. The van der Waals surface area contributed by atoms with Gasteiger partial charge < -0.3 is 10.3 Å². The van der Waals surface area contributed by atoms with Gasteiger partial charge in [0, 0.05) is 22.0 Å². The van der Waals surface area contributed by atoms with Gasteiger partial charge in [-0.2, -0.15) is 0 Å². The lowest BCUT2D eigenvalue weighted by atomic mass is 10.1. The molecule has 0 bridgehead atoms. The number of rotatable bonds is 3. The molecule has 0 aliphatic heterocycles. The van der Waals surface area contributed by atoms with E-state index in [1.165, 1.54) is 17.5 Å². The van der Waals surface area contributed by atoms with Crippen molar-refractivity contribution in [3.63, 3.8) is 0 Å². The third-order valence-electron chi connectivity index (χ3n) is 3.40. The number of para-hydroxylation sites is 1. The maximum Gasteiger partial charge on any atom is 0.257 e. The van der Waals surface area contributed by atoms with Gasteiger partial charge >= 0.3 is 0 Å². The molecule has 1 unspecified atom stereocenters. The number of hydrogen-bond donors (Lipinski definition) is 2. The van der Waals surface area contributed by atoms with Crippen LogP contribution in [0.5, 0.6) is 0 Å². The predicted octanol–water partition coefficient (Wildman–Crippen LogP) is 3.73. The van der Waals surface area contributed by atoms with Gasteiger partial charge in [-0.15, -0.1) is 11.3 Å². The minimum Gasteiger partial charge on any atom is -0.360 e. The lowest BCUT2D eigenvalue weighted by Gasteiger charge is -2.12. The molecule has 112 valence electrons. The van der Waals surface area contributed by atoms with Crippen LogP contribution in [0, 0.1) is 0 Å². The molecule has 1 aromatic carbocycles. The van der Waals surface area contributed by atoms with Crippen LogP contribution in [0.25, 0.3) is 10.9 Å². The Morgan fingerprint density at radius 1 is 1.27 bits per heavy atom. The standard InChI is InChI=1S/C16H13ClN2O2S/c1-9(13-6-7-14(17)22-13)19-16(21)11-8-18-12-5-3-2-4-10(12)15(11)20/h2-9H,1H3,(H,18,20)(H,19,21). The number of benzene rings is 1. The molecule has 2 heterocycles. The number of halogens is 1. The molecule has 4 nitrogen and oxygen atoms in total. The van der Waals surface area contributed by atoms with Gasteiger partial charge in [-0.3, -0.25) is 9.59 Å². The van der Waals surface area contributed by atoms with Crippen LogP contribution in [-0.2, 0) is 0 Å². The van der Waals surface area contributed by atoms with E-state index in [1.807, 2.05) is 19.1 Å². The van der Waals surface area contributed by atoms with Crippen molar-refractivity contribution < 1.29 is 4.79 Å². The molecule has 1 amide bonds. The number of aromatic amines is 1. The second-order valence-corrected chi connectivity index (χ2v) is 6.66. The van der Waals surface area contributed by atoms with E-state index in [0.717, 1.165) is 4.88 Å². The molecule has 0 fully saturated rings. The van der Waals surface area contributed by atoms with Crippen molar-refractivity contribution >= 4 is 39.7 Å². The molecule has 0 radical (unpaired) electrons. The summed E-state index contributed by atoms with van der Waals surface area (Å²) in [5.41, 5.74) is 0.540. The number of carbonyl (C=O) groups excluding carboxylic acids is 1. The van der Waals surface area contributed by atoms with E-state index < -0.39 is 5.91 Å². The van der Waals surface area contributed by atoms with E-state index in [2.05, 4.69) is 10.3 Å². The van der Waals surface area contributed by atoms with E-state index in [0.29, 0.717) is 15.2 Å². The van der Waals surface area contributed by atoms with Crippen molar-refractivity contribution in [3.8, 4) is 0 Å². The van der Waals surface area contributed by atoms with Gasteiger partial charge in [0.05, 0.1) is 10.4 Å². The molecule has 22 heavy (non-hydrogen) atoms. The molecule has 0 saturated heterocycles. The fourth-order valence-corrected chi connectivity index (χ4v) is 3.31. The normalized spacial score (nSPS) is 12.3. The van der Waals surface area contributed by atoms with Crippen molar-refractivity contribution in [1.82, 2.24) is 10.3 Å². The summed E-state index contributed by atoms with van der Waals surface area (Å²) in [6, 6.07) is 10.5. The average molecular weight is 333 g/mol. The predicted molar refractivity (Wildman–Crippen MR) is 89.8 cm³/mol. The highest BCUT2D eigenvalue weighted by Gasteiger charge is 2.16. The number of H-pyrrole nitrogens is 1. The van der Waals surface area contributed by atoms with Gasteiger partial charge in [-0.05, 0) is 31.2 Å². The van der Waals surface area contributed by atoms with Gasteiger partial charge in [-0.1, -0.05) is 23.7 Å². The lowest BCUT2D eigenvalue weighted by molar-refractivity contribution is 0.0939. The van der Waals surface area contributed by atoms with Crippen LogP contribution in [0.3, 0.4) is 0 Å². The third-order valence-corrected chi connectivity index (χ3v) is 4.82. The van der Waals surface area contributed by atoms with Gasteiger partial charge in [0.1, 0.15) is 5.56 Å². The number of amides is 1.